The highest BCUT2D eigenvalue weighted by Crippen LogP contribution is 2.26. The zero-order valence-corrected chi connectivity index (χ0v) is 19.7. The Bertz CT molecular complexity index is 1230. The summed E-state index contributed by atoms with van der Waals surface area (Å²) in [6, 6.07) is 15.0. The predicted octanol–water partition coefficient (Wildman–Crippen LogP) is 5.58. The summed E-state index contributed by atoms with van der Waals surface area (Å²) in [5.41, 5.74) is 2.39. The van der Waals surface area contributed by atoms with E-state index in [0.717, 1.165) is 15.4 Å². The van der Waals surface area contributed by atoms with Gasteiger partial charge >= 0.3 is 0 Å². The lowest BCUT2D eigenvalue weighted by Crippen LogP contribution is -2.38. The van der Waals surface area contributed by atoms with E-state index in [-0.39, 0.29) is 15.5 Å². The van der Waals surface area contributed by atoms with Crippen LogP contribution in [-0.4, -0.2) is 25.2 Å². The van der Waals surface area contributed by atoms with Gasteiger partial charge < -0.3 is 5.32 Å². The number of hydrogen-bond acceptors (Lipinski definition) is 3. The molecule has 9 heteroatoms. The number of carbonyl (C=O) groups excluding carboxylic acids is 1. The van der Waals surface area contributed by atoms with E-state index in [0.29, 0.717) is 10.7 Å². The normalized spacial score (nSPS) is 11.6. The number of amides is 1. The number of aryl methyl sites for hydroxylation is 1. The highest BCUT2D eigenvalue weighted by atomic mass is 35.5. The number of benzene rings is 3. The van der Waals surface area contributed by atoms with Crippen LogP contribution in [0.3, 0.4) is 0 Å². The number of carbonyl (C=O) groups is 1. The van der Waals surface area contributed by atoms with Crippen LogP contribution >= 0.6 is 23.2 Å². The van der Waals surface area contributed by atoms with Crippen molar-refractivity contribution in [3.63, 3.8) is 0 Å². The number of halogens is 3. The SMILES string of the molecule is Cc1cccc(NC(=O)CN(Cc2c(F)cccc2Cl)S(=O)(=O)c2ccc(Cl)cc2)c1C. The largest absolute Gasteiger partial charge is 0.325 e. The molecule has 1 amide bonds. The number of sulfonamides is 1. The topological polar surface area (TPSA) is 66.5 Å². The van der Waals surface area contributed by atoms with E-state index in [1.54, 1.807) is 12.1 Å². The Morgan fingerprint density at radius 2 is 1.66 bits per heavy atom. The highest BCUT2D eigenvalue weighted by molar-refractivity contribution is 7.89. The fraction of sp³-hybridized carbons (Fsp3) is 0.174. The summed E-state index contributed by atoms with van der Waals surface area (Å²) >= 11 is 12.0. The van der Waals surface area contributed by atoms with Crippen LogP contribution in [0.2, 0.25) is 10.0 Å². The molecule has 1 N–H and O–H groups in total. The van der Waals surface area contributed by atoms with E-state index < -0.39 is 34.8 Å². The Labute approximate surface area is 196 Å². The van der Waals surface area contributed by atoms with Crippen molar-refractivity contribution in [1.82, 2.24) is 4.31 Å². The molecule has 0 heterocycles. The molecule has 0 fully saturated rings. The van der Waals surface area contributed by atoms with Crippen LogP contribution in [0.25, 0.3) is 0 Å². The van der Waals surface area contributed by atoms with Crippen LogP contribution in [-0.2, 0) is 21.4 Å². The van der Waals surface area contributed by atoms with E-state index in [9.17, 15) is 17.6 Å². The van der Waals surface area contributed by atoms with Crippen molar-refractivity contribution in [3.05, 3.63) is 93.2 Å². The van der Waals surface area contributed by atoms with Crippen molar-refractivity contribution in [2.45, 2.75) is 25.3 Å². The van der Waals surface area contributed by atoms with Gasteiger partial charge in [-0.15, -0.1) is 0 Å². The predicted molar refractivity (Wildman–Crippen MR) is 125 cm³/mol. The van der Waals surface area contributed by atoms with Crippen molar-refractivity contribution >= 4 is 44.8 Å². The van der Waals surface area contributed by atoms with Crippen molar-refractivity contribution in [3.8, 4) is 0 Å². The Balaban J connectivity index is 1.95. The van der Waals surface area contributed by atoms with Crippen LogP contribution < -0.4 is 5.32 Å². The zero-order valence-electron chi connectivity index (χ0n) is 17.4. The summed E-state index contributed by atoms with van der Waals surface area (Å²) in [6.07, 6.45) is 0. The molecule has 0 aliphatic carbocycles. The monoisotopic (exact) mass is 494 g/mol. The molecule has 3 aromatic rings. The first-order valence-electron chi connectivity index (χ1n) is 9.64. The molecule has 3 aromatic carbocycles. The van der Waals surface area contributed by atoms with Crippen molar-refractivity contribution < 1.29 is 17.6 Å². The molecule has 32 heavy (non-hydrogen) atoms. The van der Waals surface area contributed by atoms with Gasteiger partial charge in [-0.3, -0.25) is 4.79 Å². The van der Waals surface area contributed by atoms with Crippen LogP contribution in [0.1, 0.15) is 16.7 Å². The number of hydrogen-bond donors (Lipinski definition) is 1. The van der Waals surface area contributed by atoms with Gasteiger partial charge in [-0.2, -0.15) is 4.31 Å². The Kier molecular flexibility index (Phi) is 7.56. The molecule has 0 aliphatic rings. The number of nitrogens with one attached hydrogen (secondary N) is 1. The molecular formula is C23H21Cl2FN2O3S. The minimum absolute atomic E-state index is 0.0220. The smallest absolute Gasteiger partial charge is 0.243 e. The molecule has 168 valence electrons. The molecule has 0 unspecified atom stereocenters. The van der Waals surface area contributed by atoms with Crippen LogP contribution in [0, 0.1) is 19.7 Å². The molecule has 3 rings (SSSR count). The van der Waals surface area contributed by atoms with E-state index in [2.05, 4.69) is 5.32 Å². The maximum absolute atomic E-state index is 14.4. The van der Waals surface area contributed by atoms with Crippen LogP contribution in [0.5, 0.6) is 0 Å². The van der Waals surface area contributed by atoms with Gasteiger partial charge in [-0.1, -0.05) is 41.4 Å². The third-order valence-electron chi connectivity index (χ3n) is 5.05. The second-order valence-electron chi connectivity index (χ2n) is 7.22. The summed E-state index contributed by atoms with van der Waals surface area (Å²) in [4.78, 5) is 12.7. The average Bonchev–Trinajstić information content (AvgIpc) is 2.73. The van der Waals surface area contributed by atoms with Crippen molar-refractivity contribution in [2.75, 3.05) is 11.9 Å². The molecule has 0 spiro atoms. The van der Waals surface area contributed by atoms with Gasteiger partial charge in [0.2, 0.25) is 15.9 Å². The minimum Gasteiger partial charge on any atom is -0.325 e. The van der Waals surface area contributed by atoms with Crippen molar-refractivity contribution in [1.29, 1.82) is 0 Å². The maximum Gasteiger partial charge on any atom is 0.243 e. The molecule has 0 atom stereocenters. The van der Waals surface area contributed by atoms with E-state index in [4.69, 9.17) is 23.2 Å². The molecule has 5 nitrogen and oxygen atoms in total. The lowest BCUT2D eigenvalue weighted by atomic mass is 10.1. The number of nitrogens with zero attached hydrogens (tertiary/aromatic N) is 1. The summed E-state index contributed by atoms with van der Waals surface area (Å²) in [6.45, 7) is 2.80. The van der Waals surface area contributed by atoms with Gasteiger partial charge in [-0.25, -0.2) is 12.8 Å². The lowest BCUT2D eigenvalue weighted by Gasteiger charge is -2.23. The van der Waals surface area contributed by atoms with Crippen LogP contribution in [0.15, 0.2) is 65.6 Å². The molecule has 0 aromatic heterocycles. The Hall–Kier alpha value is -2.45. The van der Waals surface area contributed by atoms with E-state index in [1.807, 2.05) is 19.9 Å². The number of rotatable bonds is 7. The molecule has 0 saturated heterocycles. The van der Waals surface area contributed by atoms with E-state index >= 15 is 0 Å². The van der Waals surface area contributed by atoms with Gasteiger partial charge in [0.05, 0.1) is 11.4 Å². The maximum atomic E-state index is 14.4. The summed E-state index contributed by atoms with van der Waals surface area (Å²) in [5.74, 6) is -1.23. The fourth-order valence-electron chi connectivity index (χ4n) is 3.08. The minimum atomic E-state index is -4.17. The molecule has 0 bridgehead atoms. The summed E-state index contributed by atoms with van der Waals surface area (Å²) < 4.78 is 41.9. The van der Waals surface area contributed by atoms with Gasteiger partial charge in [0.15, 0.2) is 0 Å². The van der Waals surface area contributed by atoms with Gasteiger partial charge in [0.25, 0.3) is 0 Å². The zero-order chi connectivity index (χ0) is 23.5. The van der Waals surface area contributed by atoms with Gasteiger partial charge in [0.1, 0.15) is 5.82 Å². The molecule has 0 radical (unpaired) electrons. The van der Waals surface area contributed by atoms with E-state index in [1.165, 1.54) is 42.5 Å². The molecule has 0 saturated carbocycles. The first-order chi connectivity index (χ1) is 15.1. The highest BCUT2D eigenvalue weighted by Gasteiger charge is 2.28. The number of anilines is 1. The quantitative estimate of drug-likeness (QED) is 0.466. The average molecular weight is 495 g/mol. The van der Waals surface area contributed by atoms with Crippen molar-refractivity contribution in [2.24, 2.45) is 0 Å². The molecule has 0 aliphatic heterocycles. The van der Waals surface area contributed by atoms with Crippen LogP contribution in [0.4, 0.5) is 10.1 Å². The summed E-state index contributed by atoms with van der Waals surface area (Å²) in [7, 11) is -4.17. The third-order valence-corrected chi connectivity index (χ3v) is 7.46. The molecular weight excluding hydrogens is 474 g/mol. The summed E-state index contributed by atoms with van der Waals surface area (Å²) in [5, 5.41) is 3.16. The van der Waals surface area contributed by atoms with Gasteiger partial charge in [-0.05, 0) is 67.4 Å². The van der Waals surface area contributed by atoms with Gasteiger partial charge in [0, 0.05) is 27.8 Å². The standard InChI is InChI=1S/C23H21Cl2FN2O3S/c1-15-5-3-8-22(16(15)2)27-23(29)14-28(13-19-20(25)6-4-7-21(19)26)32(30,31)18-11-9-17(24)10-12-18/h3-12H,13-14H2,1-2H3,(H,27,29). The Morgan fingerprint density at radius 1 is 1.00 bits per heavy atom. The second kappa shape index (κ2) is 10.0. The lowest BCUT2D eigenvalue weighted by molar-refractivity contribution is -0.116. The first kappa shape index (κ1) is 24.2. The Morgan fingerprint density at radius 3 is 2.31 bits per heavy atom. The second-order valence-corrected chi connectivity index (χ2v) is 10.0. The fourth-order valence-corrected chi connectivity index (χ4v) is 4.79. The first-order valence-corrected chi connectivity index (χ1v) is 11.8. The third kappa shape index (κ3) is 5.48.